The predicted octanol–water partition coefficient (Wildman–Crippen LogP) is 1.98. The molecule has 5 nitrogen and oxygen atoms in total. The smallest absolute Gasteiger partial charge is 0.253 e. The van der Waals surface area contributed by atoms with E-state index in [1.54, 1.807) is 4.90 Å². The number of rotatable bonds is 4. The molecular weight excluding hydrogens is 302 g/mol. The van der Waals surface area contributed by atoms with Gasteiger partial charge in [-0.3, -0.25) is 14.5 Å². The second kappa shape index (κ2) is 7.34. The zero-order valence-corrected chi connectivity index (χ0v) is 14.7. The van der Waals surface area contributed by atoms with Gasteiger partial charge < -0.3 is 9.80 Å². The molecule has 0 N–H and O–H groups in total. The number of amides is 2. The highest BCUT2D eigenvalue weighted by Gasteiger charge is 2.31. The molecule has 2 saturated heterocycles. The lowest BCUT2D eigenvalue weighted by Gasteiger charge is -2.26. The van der Waals surface area contributed by atoms with Crippen molar-refractivity contribution in [3.05, 3.63) is 35.4 Å². The highest BCUT2D eigenvalue weighted by atomic mass is 16.2. The Morgan fingerprint density at radius 2 is 1.71 bits per heavy atom. The number of carbonyl (C=O) groups excluding carboxylic acids is 2. The van der Waals surface area contributed by atoms with Crippen molar-refractivity contribution in [3.8, 4) is 0 Å². The maximum absolute atomic E-state index is 12.4. The summed E-state index contributed by atoms with van der Waals surface area (Å²) in [6.07, 6.45) is 4.22. The summed E-state index contributed by atoms with van der Waals surface area (Å²) in [5.74, 6) is 0.328. The molecule has 0 bridgehead atoms. The van der Waals surface area contributed by atoms with E-state index in [1.807, 2.05) is 43.3 Å². The van der Waals surface area contributed by atoms with E-state index in [2.05, 4.69) is 4.90 Å². The molecular formula is C19H27N3O2. The minimum absolute atomic E-state index is 0.00842. The summed E-state index contributed by atoms with van der Waals surface area (Å²) in [4.78, 5) is 30.5. The van der Waals surface area contributed by atoms with E-state index in [4.69, 9.17) is 0 Å². The molecule has 0 radical (unpaired) electrons. The van der Waals surface area contributed by atoms with Crippen LogP contribution in [0.4, 0.5) is 0 Å². The fraction of sp³-hybridized carbons (Fsp3) is 0.579. The third-order valence-corrected chi connectivity index (χ3v) is 5.07. The van der Waals surface area contributed by atoms with Crippen LogP contribution in [0.3, 0.4) is 0 Å². The van der Waals surface area contributed by atoms with E-state index in [0.29, 0.717) is 0 Å². The molecule has 2 fully saturated rings. The zero-order valence-electron chi connectivity index (χ0n) is 14.7. The second-order valence-electron chi connectivity index (χ2n) is 7.06. The summed E-state index contributed by atoms with van der Waals surface area (Å²) in [5, 5.41) is 0. The number of nitrogens with zero attached hydrogens (tertiary/aromatic N) is 3. The van der Waals surface area contributed by atoms with E-state index in [9.17, 15) is 9.59 Å². The number of likely N-dealkylation sites (tertiary alicyclic amines) is 2. The molecule has 3 rings (SSSR count). The van der Waals surface area contributed by atoms with Gasteiger partial charge in [0.2, 0.25) is 5.91 Å². The minimum Gasteiger partial charge on any atom is -0.347 e. The third kappa shape index (κ3) is 3.61. The Kier molecular flexibility index (Phi) is 5.19. The van der Waals surface area contributed by atoms with Crippen molar-refractivity contribution >= 4 is 11.8 Å². The molecule has 130 valence electrons. The highest BCUT2D eigenvalue weighted by Crippen LogP contribution is 2.22. The lowest BCUT2D eigenvalue weighted by atomic mass is 10.1. The number of benzene rings is 1. The molecule has 0 aromatic heterocycles. The van der Waals surface area contributed by atoms with Crippen molar-refractivity contribution in [3.63, 3.8) is 0 Å². The van der Waals surface area contributed by atoms with Gasteiger partial charge in [0.25, 0.3) is 5.91 Å². The summed E-state index contributed by atoms with van der Waals surface area (Å²) in [5.41, 5.74) is 1.93. The molecule has 5 heteroatoms. The van der Waals surface area contributed by atoms with E-state index >= 15 is 0 Å². The van der Waals surface area contributed by atoms with Crippen LogP contribution in [0.15, 0.2) is 24.3 Å². The first-order valence-corrected chi connectivity index (χ1v) is 8.89. The Morgan fingerprint density at radius 3 is 2.33 bits per heavy atom. The molecule has 0 spiro atoms. The standard InChI is InChI=1S/C19H27N3O2/c1-20(2)19(24)17-6-5-13-22(17)14-15-7-9-16(10-8-15)18(23)21-11-3-4-12-21/h7-10,17H,3-6,11-14H2,1-2H3. The SMILES string of the molecule is CN(C)C(=O)C1CCCN1Cc1ccc(C(=O)N2CCCC2)cc1. The van der Waals surface area contributed by atoms with E-state index in [1.165, 1.54) is 0 Å². The molecule has 1 atom stereocenters. The third-order valence-electron chi connectivity index (χ3n) is 5.07. The van der Waals surface area contributed by atoms with Gasteiger partial charge in [-0.2, -0.15) is 0 Å². The van der Waals surface area contributed by atoms with Crippen LogP contribution in [0.25, 0.3) is 0 Å². The normalized spacial score (nSPS) is 21.2. The van der Waals surface area contributed by atoms with E-state index < -0.39 is 0 Å². The molecule has 2 amide bonds. The summed E-state index contributed by atoms with van der Waals surface area (Å²) >= 11 is 0. The molecule has 2 heterocycles. The van der Waals surface area contributed by atoms with Gasteiger partial charge in [0, 0.05) is 39.3 Å². The van der Waals surface area contributed by atoms with Crippen LogP contribution in [0, 0.1) is 0 Å². The van der Waals surface area contributed by atoms with Crippen LogP contribution in [0.2, 0.25) is 0 Å². The number of likely N-dealkylation sites (N-methyl/N-ethyl adjacent to an activating group) is 1. The maximum Gasteiger partial charge on any atom is 0.253 e. The van der Waals surface area contributed by atoms with Crippen LogP contribution in [-0.2, 0) is 11.3 Å². The fourth-order valence-corrected chi connectivity index (χ4v) is 3.68. The molecule has 1 aromatic carbocycles. The van der Waals surface area contributed by atoms with Gasteiger partial charge in [0.1, 0.15) is 0 Å². The Bertz CT molecular complexity index is 591. The van der Waals surface area contributed by atoms with Gasteiger partial charge in [0.15, 0.2) is 0 Å². The number of hydrogen-bond donors (Lipinski definition) is 0. The quantitative estimate of drug-likeness (QED) is 0.848. The predicted molar refractivity (Wildman–Crippen MR) is 93.7 cm³/mol. The van der Waals surface area contributed by atoms with Gasteiger partial charge in [0.05, 0.1) is 6.04 Å². The Balaban J connectivity index is 1.63. The van der Waals surface area contributed by atoms with Crippen molar-refractivity contribution in [2.45, 2.75) is 38.3 Å². The van der Waals surface area contributed by atoms with Crippen LogP contribution in [-0.4, -0.2) is 66.3 Å². The molecule has 0 aliphatic carbocycles. The second-order valence-corrected chi connectivity index (χ2v) is 7.06. The maximum atomic E-state index is 12.4. The lowest BCUT2D eigenvalue weighted by molar-refractivity contribution is -0.133. The number of carbonyl (C=O) groups is 2. The van der Waals surface area contributed by atoms with Crippen LogP contribution in [0.1, 0.15) is 41.6 Å². The molecule has 24 heavy (non-hydrogen) atoms. The van der Waals surface area contributed by atoms with E-state index in [0.717, 1.165) is 63.0 Å². The Morgan fingerprint density at radius 1 is 1.04 bits per heavy atom. The fourth-order valence-electron chi connectivity index (χ4n) is 3.68. The molecule has 0 saturated carbocycles. The topological polar surface area (TPSA) is 43.9 Å². The average molecular weight is 329 g/mol. The first-order valence-electron chi connectivity index (χ1n) is 8.89. The van der Waals surface area contributed by atoms with Crippen molar-refractivity contribution in [1.82, 2.24) is 14.7 Å². The first-order chi connectivity index (χ1) is 11.6. The van der Waals surface area contributed by atoms with Crippen LogP contribution < -0.4 is 0 Å². The minimum atomic E-state index is -0.00842. The Labute approximate surface area is 144 Å². The summed E-state index contributed by atoms with van der Waals surface area (Å²) in [6, 6.07) is 7.90. The van der Waals surface area contributed by atoms with Gasteiger partial charge in [-0.15, -0.1) is 0 Å². The largest absolute Gasteiger partial charge is 0.347 e. The average Bonchev–Trinajstić information content (AvgIpc) is 3.26. The van der Waals surface area contributed by atoms with Crippen molar-refractivity contribution in [2.75, 3.05) is 33.7 Å². The molecule has 1 unspecified atom stereocenters. The summed E-state index contributed by atoms with van der Waals surface area (Å²) in [7, 11) is 3.63. The molecule has 2 aliphatic rings. The first kappa shape index (κ1) is 17.0. The molecule has 2 aliphatic heterocycles. The monoisotopic (exact) mass is 329 g/mol. The van der Waals surface area contributed by atoms with Gasteiger partial charge in [-0.1, -0.05) is 12.1 Å². The van der Waals surface area contributed by atoms with Gasteiger partial charge in [-0.25, -0.2) is 0 Å². The van der Waals surface area contributed by atoms with Crippen LogP contribution in [0.5, 0.6) is 0 Å². The zero-order chi connectivity index (χ0) is 17.1. The lowest BCUT2D eigenvalue weighted by Crippen LogP contribution is -2.42. The van der Waals surface area contributed by atoms with Crippen molar-refractivity contribution < 1.29 is 9.59 Å². The summed E-state index contributed by atoms with van der Waals surface area (Å²) in [6.45, 7) is 3.48. The summed E-state index contributed by atoms with van der Waals surface area (Å²) < 4.78 is 0. The van der Waals surface area contributed by atoms with E-state index in [-0.39, 0.29) is 17.9 Å². The molecule has 1 aromatic rings. The van der Waals surface area contributed by atoms with Crippen molar-refractivity contribution in [2.24, 2.45) is 0 Å². The number of hydrogen-bond acceptors (Lipinski definition) is 3. The van der Waals surface area contributed by atoms with Crippen molar-refractivity contribution in [1.29, 1.82) is 0 Å². The Hall–Kier alpha value is -1.88. The van der Waals surface area contributed by atoms with Crippen LogP contribution >= 0.6 is 0 Å². The van der Waals surface area contributed by atoms with Gasteiger partial charge >= 0.3 is 0 Å². The highest BCUT2D eigenvalue weighted by molar-refractivity contribution is 5.94. The van der Waals surface area contributed by atoms with Gasteiger partial charge in [-0.05, 0) is 49.9 Å².